The van der Waals surface area contributed by atoms with Crippen LogP contribution in [0.3, 0.4) is 0 Å². The smallest absolute Gasteiger partial charge is 0.282 e. The summed E-state index contributed by atoms with van der Waals surface area (Å²) in [6, 6.07) is 16.8. The second-order valence-corrected chi connectivity index (χ2v) is 6.78. The van der Waals surface area contributed by atoms with Crippen molar-refractivity contribution in [3.8, 4) is 0 Å². The van der Waals surface area contributed by atoms with Gasteiger partial charge in [-0.25, -0.2) is 10.4 Å². The number of H-pyrrole nitrogens is 1. The van der Waals surface area contributed by atoms with Gasteiger partial charge in [-0.05, 0) is 42.1 Å². The van der Waals surface area contributed by atoms with Gasteiger partial charge in [0.1, 0.15) is 11.3 Å². The molecule has 2 heterocycles. The SMILES string of the molecule is O=C(N/N=C/c1ccc(Sc2nc3ccccc3[nH]2)o1)c1ccccc1[N+](=O)[O-]. The first-order valence-electron chi connectivity index (χ1n) is 8.39. The molecule has 4 aromatic rings. The highest BCUT2D eigenvalue weighted by Crippen LogP contribution is 2.28. The number of nitrogens with zero attached hydrogens (tertiary/aromatic N) is 3. The molecule has 0 fully saturated rings. The number of aromatic amines is 1. The molecule has 0 bridgehead atoms. The van der Waals surface area contributed by atoms with Crippen molar-refractivity contribution in [3.63, 3.8) is 0 Å². The van der Waals surface area contributed by atoms with Crippen molar-refractivity contribution in [2.24, 2.45) is 5.10 Å². The molecule has 0 aliphatic carbocycles. The maximum absolute atomic E-state index is 12.1. The first-order chi connectivity index (χ1) is 14.1. The number of nitrogens with one attached hydrogen (secondary N) is 2. The molecule has 0 unspecified atom stereocenters. The molecule has 144 valence electrons. The van der Waals surface area contributed by atoms with E-state index in [0.29, 0.717) is 16.0 Å². The Kier molecular flexibility index (Phi) is 5.08. The van der Waals surface area contributed by atoms with Crippen LogP contribution in [0.2, 0.25) is 0 Å². The van der Waals surface area contributed by atoms with Crippen molar-refractivity contribution in [3.05, 3.63) is 82.1 Å². The zero-order valence-electron chi connectivity index (χ0n) is 14.7. The van der Waals surface area contributed by atoms with Crippen LogP contribution in [0.25, 0.3) is 11.0 Å². The molecule has 29 heavy (non-hydrogen) atoms. The summed E-state index contributed by atoms with van der Waals surface area (Å²) in [5.41, 5.74) is 3.69. The zero-order valence-corrected chi connectivity index (χ0v) is 15.6. The molecule has 4 rings (SSSR count). The van der Waals surface area contributed by atoms with E-state index in [0.717, 1.165) is 11.0 Å². The lowest BCUT2D eigenvalue weighted by Gasteiger charge is -2.00. The molecule has 0 aliphatic rings. The minimum Gasteiger partial charge on any atom is -0.448 e. The predicted molar refractivity (Wildman–Crippen MR) is 107 cm³/mol. The Morgan fingerprint density at radius 3 is 2.79 bits per heavy atom. The van der Waals surface area contributed by atoms with Crippen LogP contribution in [0.5, 0.6) is 0 Å². The molecular formula is C19H13N5O4S. The fourth-order valence-electron chi connectivity index (χ4n) is 2.57. The van der Waals surface area contributed by atoms with Crippen LogP contribution in [-0.4, -0.2) is 27.0 Å². The average molecular weight is 407 g/mol. The number of hydrazone groups is 1. The zero-order chi connectivity index (χ0) is 20.2. The van der Waals surface area contributed by atoms with Gasteiger partial charge in [-0.3, -0.25) is 14.9 Å². The summed E-state index contributed by atoms with van der Waals surface area (Å²) in [4.78, 5) is 30.1. The van der Waals surface area contributed by atoms with Gasteiger partial charge in [0.15, 0.2) is 10.2 Å². The Morgan fingerprint density at radius 1 is 1.17 bits per heavy atom. The number of benzene rings is 2. The van der Waals surface area contributed by atoms with Crippen LogP contribution in [0.4, 0.5) is 5.69 Å². The minimum absolute atomic E-state index is 0.0739. The third-order valence-electron chi connectivity index (χ3n) is 3.87. The largest absolute Gasteiger partial charge is 0.448 e. The highest BCUT2D eigenvalue weighted by atomic mass is 32.2. The van der Waals surface area contributed by atoms with E-state index >= 15 is 0 Å². The number of carbonyl (C=O) groups excluding carboxylic acids is 1. The summed E-state index contributed by atoms with van der Waals surface area (Å²) in [7, 11) is 0. The number of hydrogen-bond acceptors (Lipinski definition) is 7. The quantitative estimate of drug-likeness (QED) is 0.283. The normalized spacial score (nSPS) is 11.2. The number of nitro benzene ring substituents is 1. The number of para-hydroxylation sites is 3. The second kappa shape index (κ2) is 7.98. The van der Waals surface area contributed by atoms with Gasteiger partial charge in [-0.15, -0.1) is 0 Å². The van der Waals surface area contributed by atoms with E-state index in [1.54, 1.807) is 18.2 Å². The standard InChI is InChI=1S/C19H13N5O4S/c25-18(13-5-1-4-8-16(13)24(26)27)23-20-11-12-9-10-17(28-12)29-19-21-14-6-2-3-7-15(14)22-19/h1-11H,(H,21,22)(H,23,25)/b20-11+. The molecule has 1 amide bonds. The van der Waals surface area contributed by atoms with Gasteiger partial charge >= 0.3 is 0 Å². The van der Waals surface area contributed by atoms with Crippen molar-refractivity contribution in [1.29, 1.82) is 0 Å². The Bertz CT molecular complexity index is 1200. The molecule has 2 N–H and O–H groups in total. The number of hydrogen-bond donors (Lipinski definition) is 2. The average Bonchev–Trinajstić information content (AvgIpc) is 3.34. The fraction of sp³-hybridized carbons (Fsp3) is 0. The van der Waals surface area contributed by atoms with Gasteiger partial charge in [0.25, 0.3) is 11.6 Å². The molecule has 0 spiro atoms. The third-order valence-corrected chi connectivity index (χ3v) is 4.68. The summed E-state index contributed by atoms with van der Waals surface area (Å²) in [6.07, 6.45) is 1.31. The van der Waals surface area contributed by atoms with Gasteiger partial charge in [-0.2, -0.15) is 5.10 Å². The maximum Gasteiger partial charge on any atom is 0.282 e. The van der Waals surface area contributed by atoms with Crippen molar-refractivity contribution in [2.75, 3.05) is 0 Å². The summed E-state index contributed by atoms with van der Waals surface area (Å²) in [5.74, 6) is -0.275. The molecular weight excluding hydrogens is 394 g/mol. The van der Waals surface area contributed by atoms with Crippen molar-refractivity contribution in [2.45, 2.75) is 10.2 Å². The fourth-order valence-corrected chi connectivity index (χ4v) is 3.34. The molecule has 9 nitrogen and oxygen atoms in total. The number of furan rings is 1. The number of rotatable bonds is 6. The Morgan fingerprint density at radius 2 is 1.97 bits per heavy atom. The van der Waals surface area contributed by atoms with Gasteiger partial charge in [0.05, 0.1) is 22.2 Å². The van der Waals surface area contributed by atoms with Crippen LogP contribution in [0, 0.1) is 10.1 Å². The highest BCUT2D eigenvalue weighted by molar-refractivity contribution is 7.99. The summed E-state index contributed by atoms with van der Waals surface area (Å²) in [5, 5.41) is 16.1. The van der Waals surface area contributed by atoms with Crippen LogP contribution in [-0.2, 0) is 0 Å². The first-order valence-corrected chi connectivity index (χ1v) is 9.21. The summed E-state index contributed by atoms with van der Waals surface area (Å²) in [6.45, 7) is 0. The van der Waals surface area contributed by atoms with E-state index in [9.17, 15) is 14.9 Å². The molecule has 2 aromatic carbocycles. The number of aromatic nitrogens is 2. The van der Waals surface area contributed by atoms with Crippen LogP contribution < -0.4 is 5.43 Å². The van der Waals surface area contributed by atoms with Crippen molar-refractivity contribution in [1.82, 2.24) is 15.4 Å². The van der Waals surface area contributed by atoms with Crippen LogP contribution in [0.15, 0.2) is 80.4 Å². The van der Waals surface area contributed by atoms with Gasteiger partial charge in [0, 0.05) is 6.07 Å². The maximum atomic E-state index is 12.1. The number of fused-ring (bicyclic) bond motifs is 1. The number of amides is 1. The Labute approximate surface area is 168 Å². The molecule has 2 aromatic heterocycles. The van der Waals surface area contributed by atoms with Crippen molar-refractivity contribution >= 4 is 40.6 Å². The molecule has 0 saturated heterocycles. The molecule has 10 heteroatoms. The number of imidazole rings is 1. The van der Waals surface area contributed by atoms with E-state index in [4.69, 9.17) is 4.42 Å². The molecule has 0 saturated carbocycles. The lowest BCUT2D eigenvalue weighted by atomic mass is 10.2. The first kappa shape index (κ1) is 18.4. The topological polar surface area (TPSA) is 126 Å². The lowest BCUT2D eigenvalue weighted by molar-refractivity contribution is -0.385. The molecule has 0 aliphatic heterocycles. The highest BCUT2D eigenvalue weighted by Gasteiger charge is 2.18. The van der Waals surface area contributed by atoms with Crippen LogP contribution in [0.1, 0.15) is 16.1 Å². The number of nitro groups is 1. The van der Waals surface area contributed by atoms with E-state index in [-0.39, 0.29) is 11.3 Å². The summed E-state index contributed by atoms with van der Waals surface area (Å²) < 4.78 is 5.63. The van der Waals surface area contributed by atoms with E-state index in [2.05, 4.69) is 20.5 Å². The van der Waals surface area contributed by atoms with Crippen LogP contribution >= 0.6 is 11.8 Å². The van der Waals surface area contributed by atoms with E-state index in [1.807, 2.05) is 24.3 Å². The third kappa shape index (κ3) is 4.17. The molecule has 0 atom stereocenters. The Balaban J connectivity index is 1.40. The molecule has 0 radical (unpaired) electrons. The monoisotopic (exact) mass is 407 g/mol. The Hall–Kier alpha value is -3.92. The van der Waals surface area contributed by atoms with E-state index < -0.39 is 10.8 Å². The van der Waals surface area contributed by atoms with Gasteiger partial charge in [-0.1, -0.05) is 24.3 Å². The van der Waals surface area contributed by atoms with E-state index in [1.165, 1.54) is 36.2 Å². The van der Waals surface area contributed by atoms with Gasteiger partial charge in [0.2, 0.25) is 0 Å². The lowest BCUT2D eigenvalue weighted by Crippen LogP contribution is -2.18. The number of carbonyl (C=O) groups is 1. The minimum atomic E-state index is -0.683. The second-order valence-electron chi connectivity index (χ2n) is 5.79. The van der Waals surface area contributed by atoms with Crippen molar-refractivity contribution < 1.29 is 14.1 Å². The summed E-state index contributed by atoms with van der Waals surface area (Å²) >= 11 is 1.32. The van der Waals surface area contributed by atoms with Gasteiger partial charge < -0.3 is 9.40 Å². The predicted octanol–water partition coefficient (Wildman–Crippen LogP) is 3.98.